The molecule has 0 fully saturated rings. The van der Waals surface area contributed by atoms with Crippen LogP contribution in [0.25, 0.3) is 16.7 Å². The summed E-state index contributed by atoms with van der Waals surface area (Å²) < 4.78 is 47.8. The van der Waals surface area contributed by atoms with Gasteiger partial charge in [-0.25, -0.2) is 22.8 Å². The van der Waals surface area contributed by atoms with Gasteiger partial charge in [-0.15, -0.1) is 0 Å². The fraction of sp³-hybridized carbons (Fsp3) is 0.200. The van der Waals surface area contributed by atoms with Crippen LogP contribution in [0, 0.1) is 5.82 Å². The Kier molecular flexibility index (Phi) is 9.93. The maximum Gasteiger partial charge on any atom is 0.148 e. The van der Waals surface area contributed by atoms with Crippen molar-refractivity contribution in [2.24, 2.45) is 0 Å². The van der Waals surface area contributed by atoms with Crippen molar-refractivity contribution in [2.75, 3.05) is 30.4 Å². The summed E-state index contributed by atoms with van der Waals surface area (Å²) in [7, 11) is -3.04. The molecule has 214 valence electrons. The summed E-state index contributed by atoms with van der Waals surface area (Å²) in [5.74, 6) is 1.77. The highest BCUT2D eigenvalue weighted by atomic mass is 35.5. The van der Waals surface area contributed by atoms with E-state index in [9.17, 15) is 12.8 Å². The minimum absolute atomic E-state index is 0.0429. The number of hydrogen-bond donors (Lipinski definition) is 2. The van der Waals surface area contributed by atoms with Crippen molar-refractivity contribution in [3.63, 3.8) is 0 Å². The lowest BCUT2D eigenvalue weighted by Gasteiger charge is -2.15. The number of sulfone groups is 1. The molecule has 0 unspecified atom stereocenters. The molecule has 0 aliphatic heterocycles. The minimum Gasteiger partial charge on any atom is -0.487 e. The van der Waals surface area contributed by atoms with Crippen molar-refractivity contribution in [3.8, 4) is 5.75 Å². The van der Waals surface area contributed by atoms with Crippen molar-refractivity contribution in [1.29, 1.82) is 0 Å². The van der Waals surface area contributed by atoms with E-state index in [4.69, 9.17) is 21.1 Å². The molecule has 4 rings (SSSR count). The minimum atomic E-state index is -3.04. The molecule has 0 aliphatic carbocycles. The van der Waals surface area contributed by atoms with Crippen LogP contribution in [0.15, 0.2) is 85.4 Å². The molecule has 0 atom stereocenters. The number of rotatable bonds is 13. The molecule has 0 saturated heterocycles. The quantitative estimate of drug-likeness (QED) is 0.138. The number of nitrogens with one attached hydrogen (secondary N) is 2. The van der Waals surface area contributed by atoms with Crippen LogP contribution in [-0.2, 0) is 21.2 Å². The van der Waals surface area contributed by atoms with Gasteiger partial charge in [0.25, 0.3) is 0 Å². The van der Waals surface area contributed by atoms with Gasteiger partial charge in [-0.2, -0.15) is 0 Å². The Morgan fingerprint density at radius 1 is 1.12 bits per heavy atom. The van der Waals surface area contributed by atoms with Gasteiger partial charge >= 0.3 is 0 Å². The molecular formula is C30H30ClFN4O4S. The van der Waals surface area contributed by atoms with Crippen LogP contribution < -0.4 is 15.4 Å². The molecule has 0 bridgehead atoms. The number of allylic oxidation sites excluding steroid dienone is 1. The average molecular weight is 597 g/mol. The smallest absolute Gasteiger partial charge is 0.148 e. The predicted octanol–water partition coefficient (Wildman–Crippen LogP) is 6.27. The van der Waals surface area contributed by atoms with E-state index in [0.29, 0.717) is 58.0 Å². The van der Waals surface area contributed by atoms with E-state index in [1.807, 2.05) is 31.2 Å². The monoisotopic (exact) mass is 596 g/mol. The molecule has 41 heavy (non-hydrogen) atoms. The van der Waals surface area contributed by atoms with Crippen molar-refractivity contribution >= 4 is 49.6 Å². The summed E-state index contributed by atoms with van der Waals surface area (Å²) in [6.45, 7) is 6.76. The van der Waals surface area contributed by atoms with Gasteiger partial charge in [-0.3, -0.25) is 0 Å². The zero-order valence-electron chi connectivity index (χ0n) is 22.7. The Bertz CT molecular complexity index is 1700. The van der Waals surface area contributed by atoms with Gasteiger partial charge < -0.3 is 20.1 Å². The lowest BCUT2D eigenvalue weighted by atomic mass is 10.1. The first-order chi connectivity index (χ1) is 19.6. The summed E-state index contributed by atoms with van der Waals surface area (Å²) in [6, 6.07) is 17.0. The number of anilines is 2. The fourth-order valence-electron chi connectivity index (χ4n) is 3.83. The summed E-state index contributed by atoms with van der Waals surface area (Å²) in [5.41, 5.74) is 2.82. The van der Waals surface area contributed by atoms with Crippen LogP contribution >= 0.6 is 11.6 Å². The lowest BCUT2D eigenvalue weighted by Crippen LogP contribution is -2.24. The third-order valence-electron chi connectivity index (χ3n) is 5.96. The standard InChI is InChI=1S/C30H30ClFN4O4S/c1-4-25(17-33-12-13-41(3,37)38)40-20(2)22-8-10-28-26(15-22)30(35-19-34-28)36-24-9-11-29(27(31)16-24)39-18-21-6-5-7-23(32)14-21/h4-11,14-16,19,33H,2,12-13,17-18H2,1,3H3,(H,34,35,36). The van der Waals surface area contributed by atoms with Crippen LogP contribution in [0.5, 0.6) is 5.75 Å². The van der Waals surface area contributed by atoms with Crippen molar-refractivity contribution < 1.29 is 22.3 Å². The Morgan fingerprint density at radius 3 is 2.68 bits per heavy atom. The zero-order chi connectivity index (χ0) is 29.4. The SMILES string of the molecule is C=C(OC(=CC)CNCCS(C)(=O)=O)c1ccc2ncnc(Nc3ccc(OCc4cccc(F)c4)c(Cl)c3)c2c1. The molecule has 4 aromatic rings. The molecule has 1 heterocycles. The summed E-state index contributed by atoms with van der Waals surface area (Å²) >= 11 is 6.47. The Hall–Kier alpha value is -3.99. The predicted molar refractivity (Wildman–Crippen MR) is 161 cm³/mol. The molecule has 8 nitrogen and oxygen atoms in total. The molecule has 3 aromatic carbocycles. The number of aromatic nitrogens is 2. The molecule has 0 amide bonds. The number of hydrogen-bond acceptors (Lipinski definition) is 8. The second kappa shape index (κ2) is 13.6. The third kappa shape index (κ3) is 8.75. The highest BCUT2D eigenvalue weighted by Crippen LogP contribution is 2.32. The molecule has 11 heteroatoms. The van der Waals surface area contributed by atoms with Gasteiger partial charge in [0, 0.05) is 29.4 Å². The van der Waals surface area contributed by atoms with E-state index < -0.39 is 9.84 Å². The van der Waals surface area contributed by atoms with Gasteiger partial charge in [-0.1, -0.05) is 30.3 Å². The van der Waals surface area contributed by atoms with E-state index >= 15 is 0 Å². The van der Waals surface area contributed by atoms with Crippen LogP contribution in [0.2, 0.25) is 5.02 Å². The maximum absolute atomic E-state index is 13.4. The molecule has 2 N–H and O–H groups in total. The number of halogens is 2. The second-order valence-electron chi connectivity index (χ2n) is 9.23. The van der Waals surface area contributed by atoms with Crippen LogP contribution in [0.3, 0.4) is 0 Å². The number of benzene rings is 3. The topological polar surface area (TPSA) is 102 Å². The van der Waals surface area contributed by atoms with Crippen LogP contribution in [0.4, 0.5) is 15.9 Å². The van der Waals surface area contributed by atoms with Crippen molar-refractivity contribution in [1.82, 2.24) is 15.3 Å². The van der Waals surface area contributed by atoms with E-state index in [-0.39, 0.29) is 18.2 Å². The van der Waals surface area contributed by atoms with E-state index in [0.717, 1.165) is 10.9 Å². The average Bonchev–Trinajstić information content (AvgIpc) is 2.93. The summed E-state index contributed by atoms with van der Waals surface area (Å²) in [5, 5.41) is 7.47. The zero-order valence-corrected chi connectivity index (χ0v) is 24.2. The summed E-state index contributed by atoms with van der Waals surface area (Å²) in [6.07, 6.45) is 4.46. The molecule has 0 saturated carbocycles. The van der Waals surface area contributed by atoms with Crippen LogP contribution in [0.1, 0.15) is 18.1 Å². The number of fused-ring (bicyclic) bond motifs is 1. The fourth-order valence-corrected chi connectivity index (χ4v) is 4.58. The second-order valence-corrected chi connectivity index (χ2v) is 11.9. The molecule has 0 radical (unpaired) electrons. The van der Waals surface area contributed by atoms with E-state index in [1.54, 1.807) is 30.3 Å². The van der Waals surface area contributed by atoms with Crippen molar-refractivity contribution in [2.45, 2.75) is 13.5 Å². The maximum atomic E-state index is 13.4. The van der Waals surface area contributed by atoms with Gasteiger partial charge in [0.05, 0.1) is 22.8 Å². The first-order valence-electron chi connectivity index (χ1n) is 12.7. The number of ether oxygens (including phenoxy) is 2. The van der Waals surface area contributed by atoms with Gasteiger partial charge in [-0.05, 0) is 67.1 Å². The first kappa shape index (κ1) is 30.0. The third-order valence-corrected chi connectivity index (χ3v) is 7.20. The Morgan fingerprint density at radius 2 is 1.95 bits per heavy atom. The molecule has 0 spiro atoms. The summed E-state index contributed by atoms with van der Waals surface area (Å²) in [4.78, 5) is 8.77. The Balaban J connectivity index is 1.44. The van der Waals surface area contributed by atoms with E-state index in [1.165, 1.54) is 24.7 Å². The lowest BCUT2D eigenvalue weighted by molar-refractivity contribution is 0.306. The van der Waals surface area contributed by atoms with E-state index in [2.05, 4.69) is 27.2 Å². The number of nitrogens with zero attached hydrogens (tertiary/aromatic N) is 2. The molecule has 1 aromatic heterocycles. The normalized spacial score (nSPS) is 11.9. The Labute approximate surface area is 243 Å². The molecule has 0 aliphatic rings. The van der Waals surface area contributed by atoms with Crippen LogP contribution in [-0.4, -0.2) is 43.5 Å². The highest BCUT2D eigenvalue weighted by molar-refractivity contribution is 7.90. The first-order valence-corrected chi connectivity index (χ1v) is 15.1. The van der Waals surface area contributed by atoms with Gasteiger partial charge in [0.15, 0.2) is 0 Å². The van der Waals surface area contributed by atoms with Crippen molar-refractivity contribution in [3.05, 3.63) is 107 Å². The van der Waals surface area contributed by atoms with Gasteiger partial charge in [0.1, 0.15) is 51.7 Å². The van der Waals surface area contributed by atoms with Gasteiger partial charge in [0.2, 0.25) is 0 Å². The largest absolute Gasteiger partial charge is 0.487 e. The highest BCUT2D eigenvalue weighted by Gasteiger charge is 2.11. The molecular weight excluding hydrogens is 567 g/mol.